The van der Waals surface area contributed by atoms with Crippen LogP contribution in [0, 0.1) is 29.6 Å². The Hall–Kier alpha value is -0.160. The van der Waals surface area contributed by atoms with E-state index in [1.165, 1.54) is 104 Å². The molecule has 0 aromatic heterocycles. The minimum Gasteiger partial charge on any atom is -0.317 e. The van der Waals surface area contributed by atoms with Gasteiger partial charge in [0.15, 0.2) is 0 Å². The van der Waals surface area contributed by atoms with Gasteiger partial charge in [0, 0.05) is 37.3 Å². The van der Waals surface area contributed by atoms with Crippen molar-refractivity contribution in [2.75, 3.05) is 52.4 Å². The monoisotopic (exact) mass is 535 g/mol. The van der Waals surface area contributed by atoms with Gasteiger partial charge in [-0.2, -0.15) is 0 Å². The molecule has 4 heterocycles. The summed E-state index contributed by atoms with van der Waals surface area (Å²) >= 11 is 0. The van der Waals surface area contributed by atoms with Gasteiger partial charge in [0.25, 0.3) is 0 Å². The van der Waals surface area contributed by atoms with Crippen molar-refractivity contribution in [1.29, 1.82) is 0 Å². The molecule has 0 amide bonds. The molecule has 0 aromatic rings. The van der Waals surface area contributed by atoms with E-state index in [-0.39, 0.29) is 0 Å². The van der Waals surface area contributed by atoms with Gasteiger partial charge >= 0.3 is 0 Å². The molecule has 38 heavy (non-hydrogen) atoms. The molecule has 0 saturated carbocycles. The molecular formula is C34H70N4. The standard InChI is InChI=1S/C17H34N2.C9H19N.C8H17N/c1-14(2)16-6-10-19(11-7-16)17(5)8-12-18(13-9-17)15(3)4;1-8(2)10-6-4-5-9(3)7-10;1-7(2)8-3-5-9-6-4-8/h14-16H,6-13H2,1-5H3;8-9H,4-7H2,1-3H3;7-9H,3-6H2,1-2H3/t;9-;/m.1./s1. The quantitative estimate of drug-likeness (QED) is 0.397. The Balaban J connectivity index is 0.000000224. The third-order valence-corrected chi connectivity index (χ3v) is 10.6. The fraction of sp³-hybridized carbons (Fsp3) is 1.00. The van der Waals surface area contributed by atoms with Gasteiger partial charge in [-0.15, -0.1) is 0 Å². The molecular weight excluding hydrogens is 464 g/mol. The Kier molecular flexibility index (Phi) is 15.2. The molecule has 4 aliphatic heterocycles. The Morgan fingerprint density at radius 3 is 1.53 bits per heavy atom. The second-order valence-electron chi connectivity index (χ2n) is 14.9. The van der Waals surface area contributed by atoms with Crippen LogP contribution in [0.5, 0.6) is 0 Å². The van der Waals surface area contributed by atoms with Crippen LogP contribution in [-0.4, -0.2) is 84.7 Å². The van der Waals surface area contributed by atoms with Crippen LogP contribution in [-0.2, 0) is 0 Å². The highest BCUT2D eigenvalue weighted by atomic mass is 15.2. The largest absolute Gasteiger partial charge is 0.317 e. The van der Waals surface area contributed by atoms with Crippen LogP contribution in [0.2, 0.25) is 0 Å². The molecule has 4 fully saturated rings. The van der Waals surface area contributed by atoms with Crippen molar-refractivity contribution in [2.24, 2.45) is 29.6 Å². The second kappa shape index (κ2) is 16.9. The molecule has 0 radical (unpaired) electrons. The van der Waals surface area contributed by atoms with Crippen LogP contribution in [0.3, 0.4) is 0 Å². The summed E-state index contributed by atoms with van der Waals surface area (Å²) in [6, 6.07) is 1.47. The molecule has 4 heteroatoms. The Morgan fingerprint density at radius 1 is 0.632 bits per heavy atom. The lowest BCUT2D eigenvalue weighted by atomic mass is 9.81. The average Bonchev–Trinajstić information content (AvgIpc) is 2.90. The molecule has 0 bridgehead atoms. The van der Waals surface area contributed by atoms with E-state index in [0.29, 0.717) is 5.54 Å². The van der Waals surface area contributed by atoms with Crippen LogP contribution in [0.1, 0.15) is 121 Å². The van der Waals surface area contributed by atoms with E-state index in [4.69, 9.17) is 0 Å². The van der Waals surface area contributed by atoms with E-state index in [1.54, 1.807) is 0 Å². The van der Waals surface area contributed by atoms with Gasteiger partial charge in [-0.05, 0) is 148 Å². The number of hydrogen-bond donors (Lipinski definition) is 1. The second-order valence-corrected chi connectivity index (χ2v) is 14.9. The van der Waals surface area contributed by atoms with E-state index >= 15 is 0 Å². The van der Waals surface area contributed by atoms with Crippen LogP contribution in [0.4, 0.5) is 0 Å². The number of likely N-dealkylation sites (tertiary alicyclic amines) is 3. The summed E-state index contributed by atoms with van der Waals surface area (Å²) in [6.45, 7) is 33.9. The lowest BCUT2D eigenvalue weighted by molar-refractivity contribution is -0.000600. The van der Waals surface area contributed by atoms with Crippen molar-refractivity contribution in [3.63, 3.8) is 0 Å². The smallest absolute Gasteiger partial charge is 0.0205 e. The normalized spacial score (nSPS) is 26.8. The molecule has 4 nitrogen and oxygen atoms in total. The number of hydrogen-bond acceptors (Lipinski definition) is 4. The maximum Gasteiger partial charge on any atom is 0.0205 e. The number of nitrogens with one attached hydrogen (secondary N) is 1. The summed E-state index contributed by atoms with van der Waals surface area (Å²) < 4.78 is 0. The number of rotatable bonds is 5. The predicted octanol–water partition coefficient (Wildman–Crippen LogP) is 7.39. The SMILES string of the molecule is CC(C)C1CCN(C2(C)CCN(C(C)C)CC2)CC1.CC(C)C1CCNCC1.CC(C)N1CCC[C@@H](C)C1. The highest BCUT2D eigenvalue weighted by molar-refractivity contribution is 4.94. The fourth-order valence-electron chi connectivity index (χ4n) is 7.15. The molecule has 4 rings (SSSR count). The van der Waals surface area contributed by atoms with Gasteiger partial charge in [-0.25, -0.2) is 0 Å². The Morgan fingerprint density at radius 2 is 1.13 bits per heavy atom. The number of piperidine rings is 4. The lowest BCUT2D eigenvalue weighted by Gasteiger charge is -2.50. The zero-order valence-corrected chi connectivity index (χ0v) is 27.7. The zero-order valence-electron chi connectivity index (χ0n) is 27.7. The first kappa shape index (κ1) is 34.0. The summed E-state index contributed by atoms with van der Waals surface area (Å²) in [7, 11) is 0. The highest BCUT2D eigenvalue weighted by Gasteiger charge is 2.38. The number of nitrogens with zero attached hydrogens (tertiary/aromatic N) is 3. The van der Waals surface area contributed by atoms with Crippen LogP contribution >= 0.6 is 0 Å². The van der Waals surface area contributed by atoms with Gasteiger partial charge < -0.3 is 15.1 Å². The van der Waals surface area contributed by atoms with Gasteiger partial charge in [-0.1, -0.05) is 34.6 Å². The predicted molar refractivity (Wildman–Crippen MR) is 169 cm³/mol. The first-order chi connectivity index (χ1) is 17.9. The van der Waals surface area contributed by atoms with Crippen molar-refractivity contribution < 1.29 is 0 Å². The van der Waals surface area contributed by atoms with Crippen molar-refractivity contribution in [3.05, 3.63) is 0 Å². The van der Waals surface area contributed by atoms with Crippen molar-refractivity contribution in [1.82, 2.24) is 20.0 Å². The van der Waals surface area contributed by atoms with E-state index in [1.807, 2.05) is 0 Å². The van der Waals surface area contributed by atoms with E-state index in [0.717, 1.165) is 41.7 Å². The summed E-state index contributed by atoms with van der Waals surface area (Å²) in [5.74, 6) is 4.66. The third-order valence-electron chi connectivity index (χ3n) is 10.6. The molecule has 0 unspecified atom stereocenters. The van der Waals surface area contributed by atoms with Crippen molar-refractivity contribution in [3.8, 4) is 0 Å². The fourth-order valence-corrected chi connectivity index (χ4v) is 7.15. The maximum absolute atomic E-state index is 3.37. The van der Waals surface area contributed by atoms with Crippen molar-refractivity contribution >= 4 is 0 Å². The molecule has 4 aliphatic rings. The Labute approximate surface area is 240 Å². The van der Waals surface area contributed by atoms with Gasteiger partial charge in [-0.3, -0.25) is 4.90 Å². The van der Waals surface area contributed by atoms with Crippen molar-refractivity contribution in [2.45, 2.75) is 138 Å². The first-order valence-corrected chi connectivity index (χ1v) is 16.9. The third kappa shape index (κ3) is 11.4. The summed E-state index contributed by atoms with van der Waals surface area (Å²) in [5.41, 5.74) is 0.480. The molecule has 1 N–H and O–H groups in total. The highest BCUT2D eigenvalue weighted by Crippen LogP contribution is 2.34. The minimum atomic E-state index is 0.480. The lowest BCUT2D eigenvalue weighted by Crippen LogP contribution is -2.56. The summed E-state index contributed by atoms with van der Waals surface area (Å²) in [4.78, 5) is 8.03. The molecule has 0 aromatic carbocycles. The van der Waals surface area contributed by atoms with Gasteiger partial charge in [0.2, 0.25) is 0 Å². The molecule has 4 saturated heterocycles. The van der Waals surface area contributed by atoms with Gasteiger partial charge in [0.1, 0.15) is 0 Å². The van der Waals surface area contributed by atoms with E-state index < -0.39 is 0 Å². The summed E-state index contributed by atoms with van der Waals surface area (Å²) in [6.07, 6.45) is 11.2. The van der Waals surface area contributed by atoms with Crippen LogP contribution in [0.25, 0.3) is 0 Å². The maximum atomic E-state index is 3.37. The Bertz CT molecular complexity index is 594. The molecule has 0 spiro atoms. The first-order valence-electron chi connectivity index (χ1n) is 16.9. The van der Waals surface area contributed by atoms with Gasteiger partial charge in [0.05, 0.1) is 0 Å². The topological polar surface area (TPSA) is 21.8 Å². The van der Waals surface area contributed by atoms with E-state index in [9.17, 15) is 0 Å². The van der Waals surface area contributed by atoms with Crippen LogP contribution in [0.15, 0.2) is 0 Å². The minimum absolute atomic E-state index is 0.480. The summed E-state index contributed by atoms with van der Waals surface area (Å²) in [5, 5.41) is 3.37. The zero-order chi connectivity index (χ0) is 28.3. The molecule has 226 valence electrons. The van der Waals surface area contributed by atoms with Crippen LogP contribution < -0.4 is 5.32 Å². The van der Waals surface area contributed by atoms with E-state index in [2.05, 4.69) is 89.3 Å². The average molecular weight is 535 g/mol. The molecule has 0 aliphatic carbocycles. The molecule has 1 atom stereocenters.